The summed E-state index contributed by atoms with van der Waals surface area (Å²) in [5.41, 5.74) is -0.597. The van der Waals surface area contributed by atoms with Crippen LogP contribution in [0.25, 0.3) is 0 Å². The molecule has 0 aromatic heterocycles. The summed E-state index contributed by atoms with van der Waals surface area (Å²) in [6.07, 6.45) is 1.51. The van der Waals surface area contributed by atoms with Crippen LogP contribution in [0.4, 0.5) is 0 Å². The Morgan fingerprint density at radius 1 is 1.47 bits per heavy atom. The quantitative estimate of drug-likeness (QED) is 0.717. The molecule has 0 spiro atoms. The fourth-order valence-electron chi connectivity index (χ4n) is 1.81. The third-order valence-electron chi connectivity index (χ3n) is 2.89. The van der Waals surface area contributed by atoms with E-state index in [1.807, 2.05) is 0 Å². The van der Waals surface area contributed by atoms with Gasteiger partial charge in [0.15, 0.2) is 0 Å². The van der Waals surface area contributed by atoms with E-state index in [-0.39, 0.29) is 5.91 Å². The zero-order chi connectivity index (χ0) is 11.3. The maximum atomic E-state index is 12.0. The van der Waals surface area contributed by atoms with Crippen LogP contribution in [0.3, 0.4) is 0 Å². The van der Waals surface area contributed by atoms with Gasteiger partial charge in [0, 0.05) is 13.7 Å². The molecular formula is C11H22N2O2. The van der Waals surface area contributed by atoms with Crippen LogP contribution in [0.2, 0.25) is 0 Å². The van der Waals surface area contributed by atoms with Crippen molar-refractivity contribution in [1.29, 1.82) is 0 Å². The molecule has 0 bridgehead atoms. The highest BCUT2D eigenvalue weighted by atomic mass is 16.5. The van der Waals surface area contributed by atoms with E-state index >= 15 is 0 Å². The van der Waals surface area contributed by atoms with Crippen LogP contribution in [-0.4, -0.2) is 38.3 Å². The van der Waals surface area contributed by atoms with Crippen molar-refractivity contribution in [1.82, 2.24) is 10.6 Å². The monoisotopic (exact) mass is 214 g/mol. The first-order valence-corrected chi connectivity index (χ1v) is 5.65. The average Bonchev–Trinajstić information content (AvgIpc) is 2.26. The predicted octanol–water partition coefficient (Wildman–Crippen LogP) is 0.527. The summed E-state index contributed by atoms with van der Waals surface area (Å²) >= 11 is 0. The fourth-order valence-corrected chi connectivity index (χ4v) is 1.81. The van der Waals surface area contributed by atoms with Crippen LogP contribution < -0.4 is 10.6 Å². The van der Waals surface area contributed by atoms with Gasteiger partial charge in [-0.15, -0.1) is 0 Å². The van der Waals surface area contributed by atoms with Gasteiger partial charge in [-0.1, -0.05) is 13.8 Å². The number of ether oxygens (including phenoxy) is 1. The number of carbonyl (C=O) groups is 1. The predicted molar refractivity (Wildman–Crippen MR) is 59.7 cm³/mol. The van der Waals surface area contributed by atoms with E-state index in [1.54, 1.807) is 7.11 Å². The molecule has 1 heterocycles. The number of hydrogen-bond donors (Lipinski definition) is 2. The van der Waals surface area contributed by atoms with Crippen molar-refractivity contribution in [2.24, 2.45) is 5.92 Å². The number of amides is 1. The molecule has 88 valence electrons. The third kappa shape index (κ3) is 3.18. The lowest BCUT2D eigenvalue weighted by Crippen LogP contribution is -2.54. The Bertz CT molecular complexity index is 211. The lowest BCUT2D eigenvalue weighted by atomic mass is 9.91. The van der Waals surface area contributed by atoms with Crippen molar-refractivity contribution in [2.75, 3.05) is 26.7 Å². The molecule has 0 radical (unpaired) electrons. The Balaban J connectivity index is 2.52. The van der Waals surface area contributed by atoms with Crippen molar-refractivity contribution in [3.05, 3.63) is 0 Å². The molecule has 1 amide bonds. The Kier molecular flexibility index (Phi) is 4.54. The van der Waals surface area contributed by atoms with Crippen molar-refractivity contribution < 1.29 is 9.53 Å². The van der Waals surface area contributed by atoms with E-state index in [0.29, 0.717) is 5.92 Å². The van der Waals surface area contributed by atoms with Crippen LogP contribution in [0.5, 0.6) is 0 Å². The summed E-state index contributed by atoms with van der Waals surface area (Å²) in [4.78, 5) is 12.0. The summed E-state index contributed by atoms with van der Waals surface area (Å²) in [5.74, 6) is 0.518. The molecule has 1 rings (SSSR count). The minimum Gasteiger partial charge on any atom is -0.368 e. The average molecular weight is 214 g/mol. The first kappa shape index (κ1) is 12.5. The maximum absolute atomic E-state index is 12.0. The lowest BCUT2D eigenvalue weighted by Gasteiger charge is -2.34. The third-order valence-corrected chi connectivity index (χ3v) is 2.89. The van der Waals surface area contributed by atoms with Gasteiger partial charge in [0.1, 0.15) is 5.60 Å². The molecule has 1 aliphatic rings. The van der Waals surface area contributed by atoms with E-state index < -0.39 is 5.60 Å². The van der Waals surface area contributed by atoms with Crippen molar-refractivity contribution in [2.45, 2.75) is 32.3 Å². The molecule has 0 atom stereocenters. The summed E-state index contributed by atoms with van der Waals surface area (Å²) in [6, 6.07) is 0. The number of piperidine rings is 1. The van der Waals surface area contributed by atoms with E-state index in [2.05, 4.69) is 24.5 Å². The molecule has 0 saturated carbocycles. The highest BCUT2D eigenvalue weighted by molar-refractivity contribution is 5.85. The molecule has 0 aromatic carbocycles. The lowest BCUT2D eigenvalue weighted by molar-refractivity contribution is -0.146. The second-order valence-corrected chi connectivity index (χ2v) is 4.55. The van der Waals surface area contributed by atoms with Crippen LogP contribution in [0.1, 0.15) is 26.7 Å². The highest BCUT2D eigenvalue weighted by Gasteiger charge is 2.39. The summed E-state index contributed by atoms with van der Waals surface area (Å²) in [6.45, 7) is 6.59. The molecule has 15 heavy (non-hydrogen) atoms. The maximum Gasteiger partial charge on any atom is 0.252 e. The largest absolute Gasteiger partial charge is 0.368 e. The smallest absolute Gasteiger partial charge is 0.252 e. The van der Waals surface area contributed by atoms with Crippen molar-refractivity contribution in [3.8, 4) is 0 Å². The second-order valence-electron chi connectivity index (χ2n) is 4.55. The molecule has 1 aliphatic heterocycles. The van der Waals surface area contributed by atoms with Crippen LogP contribution >= 0.6 is 0 Å². The zero-order valence-corrected chi connectivity index (χ0v) is 9.93. The van der Waals surface area contributed by atoms with Gasteiger partial charge < -0.3 is 15.4 Å². The molecule has 0 aromatic rings. The molecule has 4 heteroatoms. The summed E-state index contributed by atoms with van der Waals surface area (Å²) < 4.78 is 5.42. The Hall–Kier alpha value is -0.610. The number of rotatable bonds is 4. The van der Waals surface area contributed by atoms with Crippen LogP contribution in [0.15, 0.2) is 0 Å². The van der Waals surface area contributed by atoms with Gasteiger partial charge in [0.05, 0.1) is 0 Å². The Morgan fingerprint density at radius 2 is 2.07 bits per heavy atom. The number of hydrogen-bond acceptors (Lipinski definition) is 3. The normalized spacial score (nSPS) is 20.3. The van der Waals surface area contributed by atoms with E-state index in [9.17, 15) is 4.79 Å². The number of methoxy groups -OCH3 is 1. The molecule has 0 unspecified atom stereocenters. The van der Waals surface area contributed by atoms with Crippen LogP contribution in [0, 0.1) is 5.92 Å². The van der Waals surface area contributed by atoms with Gasteiger partial charge in [0.25, 0.3) is 5.91 Å². The van der Waals surface area contributed by atoms with Gasteiger partial charge in [-0.2, -0.15) is 0 Å². The first-order chi connectivity index (χ1) is 7.10. The molecule has 4 nitrogen and oxygen atoms in total. The highest BCUT2D eigenvalue weighted by Crippen LogP contribution is 2.22. The van der Waals surface area contributed by atoms with Crippen molar-refractivity contribution >= 4 is 5.91 Å². The van der Waals surface area contributed by atoms with Gasteiger partial charge >= 0.3 is 0 Å². The number of nitrogens with one attached hydrogen (secondary N) is 2. The van der Waals surface area contributed by atoms with Gasteiger partial charge in [-0.05, 0) is 31.8 Å². The SMILES string of the molecule is COC1(C(=O)NCC(C)C)CCNCC1. The van der Waals surface area contributed by atoms with Gasteiger partial charge in [-0.25, -0.2) is 0 Å². The van der Waals surface area contributed by atoms with E-state index in [4.69, 9.17) is 4.74 Å². The Labute approximate surface area is 91.8 Å². The summed E-state index contributed by atoms with van der Waals surface area (Å²) in [5, 5.41) is 6.19. The Morgan fingerprint density at radius 3 is 2.53 bits per heavy atom. The van der Waals surface area contributed by atoms with Crippen LogP contribution in [-0.2, 0) is 9.53 Å². The fraction of sp³-hybridized carbons (Fsp3) is 0.909. The molecular weight excluding hydrogens is 192 g/mol. The topological polar surface area (TPSA) is 50.4 Å². The van der Waals surface area contributed by atoms with Crippen molar-refractivity contribution in [3.63, 3.8) is 0 Å². The van der Waals surface area contributed by atoms with E-state index in [1.165, 1.54) is 0 Å². The van der Waals surface area contributed by atoms with E-state index in [0.717, 1.165) is 32.5 Å². The molecule has 2 N–H and O–H groups in total. The standard InChI is InChI=1S/C11H22N2O2/c1-9(2)8-13-10(14)11(15-3)4-6-12-7-5-11/h9,12H,4-8H2,1-3H3,(H,13,14). The minimum atomic E-state index is -0.597. The molecule has 0 aliphatic carbocycles. The first-order valence-electron chi connectivity index (χ1n) is 5.65. The number of carbonyl (C=O) groups excluding carboxylic acids is 1. The zero-order valence-electron chi connectivity index (χ0n) is 9.93. The summed E-state index contributed by atoms with van der Waals surface area (Å²) in [7, 11) is 1.63. The van der Waals surface area contributed by atoms with Gasteiger partial charge in [0.2, 0.25) is 0 Å². The minimum absolute atomic E-state index is 0.0419. The molecule has 1 saturated heterocycles. The van der Waals surface area contributed by atoms with Gasteiger partial charge in [-0.3, -0.25) is 4.79 Å². The molecule has 1 fully saturated rings. The second kappa shape index (κ2) is 5.47.